The largest absolute Gasteiger partial charge is 0.469 e. The summed E-state index contributed by atoms with van der Waals surface area (Å²) in [5.41, 5.74) is 0. The lowest BCUT2D eigenvalue weighted by Crippen LogP contribution is -2.02. The monoisotopic (exact) mass is 284 g/mol. The van der Waals surface area contributed by atoms with E-state index in [2.05, 4.69) is 14.7 Å². The molecule has 6 heteroatoms. The van der Waals surface area contributed by atoms with Crippen LogP contribution < -0.4 is 0 Å². The van der Waals surface area contributed by atoms with E-state index in [1.54, 1.807) is 11.3 Å². The summed E-state index contributed by atoms with van der Waals surface area (Å²) in [6, 6.07) is 1.99. The number of fused-ring (bicyclic) bond motifs is 1. The fourth-order valence-electron chi connectivity index (χ4n) is 1.65. The molecule has 0 atom stereocenters. The standard InChI is InChI=1S/C12H13ClN2O2S/c1-7-6-8-11(13)14-9(15-12(8)18-7)4-3-5-10(16)17-2/h6H,3-5H2,1-2H3. The number of carbonyl (C=O) groups is 1. The Morgan fingerprint density at radius 1 is 1.50 bits per heavy atom. The summed E-state index contributed by atoms with van der Waals surface area (Å²) >= 11 is 7.71. The molecule has 96 valence electrons. The first-order chi connectivity index (χ1) is 8.60. The van der Waals surface area contributed by atoms with Gasteiger partial charge in [0, 0.05) is 23.1 Å². The molecule has 0 saturated heterocycles. The van der Waals surface area contributed by atoms with Gasteiger partial charge in [-0.15, -0.1) is 11.3 Å². The van der Waals surface area contributed by atoms with E-state index in [1.165, 1.54) is 7.11 Å². The number of rotatable bonds is 4. The van der Waals surface area contributed by atoms with Crippen molar-refractivity contribution in [3.8, 4) is 0 Å². The highest BCUT2D eigenvalue weighted by molar-refractivity contribution is 7.18. The highest BCUT2D eigenvalue weighted by Gasteiger charge is 2.09. The number of aromatic nitrogens is 2. The summed E-state index contributed by atoms with van der Waals surface area (Å²) < 4.78 is 4.58. The van der Waals surface area contributed by atoms with Crippen LogP contribution in [0, 0.1) is 6.92 Å². The Kier molecular flexibility index (Phi) is 4.14. The third-order valence-corrected chi connectivity index (χ3v) is 3.76. The van der Waals surface area contributed by atoms with Gasteiger partial charge in [0.05, 0.1) is 7.11 Å². The second kappa shape index (κ2) is 5.63. The Bertz CT molecular complexity index is 583. The fraction of sp³-hybridized carbons (Fsp3) is 0.417. The maximum absolute atomic E-state index is 11.0. The summed E-state index contributed by atoms with van der Waals surface area (Å²) in [5.74, 6) is 0.465. The Balaban J connectivity index is 2.12. The molecule has 0 aromatic carbocycles. The molecule has 0 spiro atoms. The number of hydrogen-bond donors (Lipinski definition) is 0. The van der Waals surface area contributed by atoms with Crippen molar-refractivity contribution in [3.05, 3.63) is 21.9 Å². The van der Waals surface area contributed by atoms with Gasteiger partial charge in [0.2, 0.25) is 0 Å². The average Bonchev–Trinajstić information content (AvgIpc) is 2.70. The van der Waals surface area contributed by atoms with Gasteiger partial charge in [-0.3, -0.25) is 4.79 Å². The minimum atomic E-state index is -0.214. The van der Waals surface area contributed by atoms with Crippen molar-refractivity contribution < 1.29 is 9.53 Å². The fourth-order valence-corrected chi connectivity index (χ4v) is 2.85. The zero-order valence-electron chi connectivity index (χ0n) is 10.2. The Morgan fingerprint density at radius 3 is 3.00 bits per heavy atom. The highest BCUT2D eigenvalue weighted by Crippen LogP contribution is 2.28. The van der Waals surface area contributed by atoms with Crippen LogP contribution in [0.15, 0.2) is 6.07 Å². The average molecular weight is 285 g/mol. The summed E-state index contributed by atoms with van der Waals surface area (Å²) in [6.45, 7) is 2.01. The molecule has 0 aliphatic rings. The van der Waals surface area contributed by atoms with Gasteiger partial charge < -0.3 is 4.74 Å². The summed E-state index contributed by atoms with van der Waals surface area (Å²) in [4.78, 5) is 21.8. The van der Waals surface area contributed by atoms with Gasteiger partial charge in [-0.2, -0.15) is 0 Å². The third kappa shape index (κ3) is 2.97. The lowest BCUT2D eigenvalue weighted by atomic mass is 10.2. The van der Waals surface area contributed by atoms with Crippen LogP contribution in [0.4, 0.5) is 0 Å². The van der Waals surface area contributed by atoms with Gasteiger partial charge in [-0.05, 0) is 19.4 Å². The molecule has 4 nitrogen and oxygen atoms in total. The summed E-state index contributed by atoms with van der Waals surface area (Å²) in [5, 5.41) is 1.38. The molecule has 18 heavy (non-hydrogen) atoms. The minimum Gasteiger partial charge on any atom is -0.469 e. The van der Waals surface area contributed by atoms with E-state index in [9.17, 15) is 4.79 Å². The van der Waals surface area contributed by atoms with E-state index in [-0.39, 0.29) is 5.97 Å². The molecule has 0 N–H and O–H groups in total. The van der Waals surface area contributed by atoms with Crippen LogP contribution in [0.3, 0.4) is 0 Å². The van der Waals surface area contributed by atoms with Gasteiger partial charge in [0.15, 0.2) is 0 Å². The van der Waals surface area contributed by atoms with Gasteiger partial charge in [-0.25, -0.2) is 9.97 Å². The molecule has 2 heterocycles. The summed E-state index contributed by atoms with van der Waals surface area (Å²) in [6.07, 6.45) is 1.67. The van der Waals surface area contributed by atoms with Crippen LogP contribution >= 0.6 is 22.9 Å². The number of carbonyl (C=O) groups excluding carboxylic acids is 1. The Morgan fingerprint density at radius 2 is 2.28 bits per heavy atom. The Hall–Kier alpha value is -1.20. The van der Waals surface area contributed by atoms with Crippen LogP contribution in [0.5, 0.6) is 0 Å². The number of halogens is 1. The van der Waals surface area contributed by atoms with Crippen molar-refractivity contribution in [1.82, 2.24) is 9.97 Å². The lowest BCUT2D eigenvalue weighted by Gasteiger charge is -2.01. The molecule has 0 radical (unpaired) electrons. The van der Waals surface area contributed by atoms with E-state index in [0.717, 1.165) is 15.1 Å². The molecule has 0 amide bonds. The van der Waals surface area contributed by atoms with E-state index in [4.69, 9.17) is 11.6 Å². The first-order valence-corrected chi connectivity index (χ1v) is 6.79. The van der Waals surface area contributed by atoms with Gasteiger partial charge in [0.1, 0.15) is 15.8 Å². The van der Waals surface area contributed by atoms with Gasteiger partial charge >= 0.3 is 5.97 Å². The first kappa shape index (κ1) is 13.2. The second-order valence-corrected chi connectivity index (χ2v) is 5.53. The predicted octanol–water partition coefficient (Wildman–Crippen LogP) is 3.15. The maximum Gasteiger partial charge on any atom is 0.305 e. The number of nitrogens with zero attached hydrogens (tertiary/aromatic N) is 2. The number of hydrogen-bond acceptors (Lipinski definition) is 5. The number of esters is 1. The number of ether oxygens (including phenoxy) is 1. The molecule has 0 aliphatic heterocycles. The van der Waals surface area contributed by atoms with Crippen molar-refractivity contribution in [3.63, 3.8) is 0 Å². The van der Waals surface area contributed by atoms with Gasteiger partial charge in [0.25, 0.3) is 0 Å². The molecule has 0 bridgehead atoms. The number of aryl methyl sites for hydroxylation is 2. The SMILES string of the molecule is COC(=O)CCCc1nc(Cl)c2cc(C)sc2n1. The van der Waals surface area contributed by atoms with E-state index in [1.807, 2.05) is 13.0 Å². The maximum atomic E-state index is 11.0. The quantitative estimate of drug-likeness (QED) is 0.639. The van der Waals surface area contributed by atoms with Crippen molar-refractivity contribution in [1.29, 1.82) is 0 Å². The van der Waals surface area contributed by atoms with Crippen LogP contribution in [0.2, 0.25) is 5.15 Å². The van der Waals surface area contributed by atoms with Crippen LogP contribution in [-0.2, 0) is 16.0 Å². The number of thiophene rings is 1. The van der Waals surface area contributed by atoms with E-state index >= 15 is 0 Å². The molecule has 2 rings (SSSR count). The van der Waals surface area contributed by atoms with E-state index < -0.39 is 0 Å². The molecule has 0 unspecified atom stereocenters. The van der Waals surface area contributed by atoms with Crippen LogP contribution in [0.25, 0.3) is 10.2 Å². The minimum absolute atomic E-state index is 0.214. The predicted molar refractivity (Wildman–Crippen MR) is 72.1 cm³/mol. The van der Waals surface area contributed by atoms with Crippen molar-refractivity contribution in [2.75, 3.05) is 7.11 Å². The highest BCUT2D eigenvalue weighted by atomic mass is 35.5. The molecule has 0 fully saturated rings. The normalized spacial score (nSPS) is 10.8. The van der Waals surface area contributed by atoms with Crippen molar-refractivity contribution >= 4 is 39.1 Å². The third-order valence-electron chi connectivity index (χ3n) is 2.52. The molecule has 2 aromatic heterocycles. The second-order valence-electron chi connectivity index (χ2n) is 3.94. The zero-order valence-corrected chi connectivity index (χ0v) is 11.8. The van der Waals surface area contributed by atoms with Crippen molar-refractivity contribution in [2.24, 2.45) is 0 Å². The van der Waals surface area contributed by atoms with Gasteiger partial charge in [-0.1, -0.05) is 11.6 Å². The summed E-state index contributed by atoms with van der Waals surface area (Å²) in [7, 11) is 1.39. The molecular formula is C12H13ClN2O2S. The molecule has 0 aliphatic carbocycles. The zero-order chi connectivity index (χ0) is 13.1. The smallest absolute Gasteiger partial charge is 0.305 e. The lowest BCUT2D eigenvalue weighted by molar-refractivity contribution is -0.140. The van der Waals surface area contributed by atoms with Crippen LogP contribution in [-0.4, -0.2) is 23.0 Å². The topological polar surface area (TPSA) is 52.1 Å². The first-order valence-electron chi connectivity index (χ1n) is 5.59. The molecule has 2 aromatic rings. The van der Waals surface area contributed by atoms with Crippen molar-refractivity contribution in [2.45, 2.75) is 26.2 Å². The van der Waals surface area contributed by atoms with Crippen LogP contribution in [0.1, 0.15) is 23.5 Å². The number of methoxy groups -OCH3 is 1. The molecular weight excluding hydrogens is 272 g/mol. The van der Waals surface area contributed by atoms with E-state index in [0.29, 0.717) is 30.2 Å². The molecule has 0 saturated carbocycles. The Labute approximate surface area is 114 Å².